The third kappa shape index (κ3) is 3.03. The van der Waals surface area contributed by atoms with Gasteiger partial charge in [-0.2, -0.15) is 0 Å². The Hall–Kier alpha value is -3.02. The summed E-state index contributed by atoms with van der Waals surface area (Å²) in [4.78, 5) is 23.3. The maximum atomic E-state index is 12.3. The van der Waals surface area contributed by atoms with Gasteiger partial charge in [0.2, 0.25) is 5.91 Å². The van der Waals surface area contributed by atoms with Gasteiger partial charge in [0.1, 0.15) is 28.4 Å². The molecule has 0 saturated heterocycles. The van der Waals surface area contributed by atoms with Crippen LogP contribution in [0.25, 0.3) is 11.0 Å². The monoisotopic (exact) mass is 327 g/mol. The number of carboxylic acid groups (broad SMARTS) is 1. The van der Waals surface area contributed by atoms with Crippen molar-refractivity contribution in [2.45, 2.75) is 26.3 Å². The van der Waals surface area contributed by atoms with E-state index in [2.05, 4.69) is 5.32 Å². The SMILES string of the molecule is Cc1oc(CNC(=O)C(C)c2cc3ccccc3o2)cc1C(=O)O. The summed E-state index contributed by atoms with van der Waals surface area (Å²) in [6.07, 6.45) is 0. The Morgan fingerprint density at radius 3 is 2.62 bits per heavy atom. The highest BCUT2D eigenvalue weighted by Crippen LogP contribution is 2.25. The fourth-order valence-corrected chi connectivity index (χ4v) is 2.52. The Morgan fingerprint density at radius 2 is 1.96 bits per heavy atom. The third-order valence-electron chi connectivity index (χ3n) is 3.90. The first-order valence-electron chi connectivity index (χ1n) is 7.54. The van der Waals surface area contributed by atoms with Gasteiger partial charge in [0.05, 0.1) is 12.5 Å². The smallest absolute Gasteiger partial charge is 0.339 e. The number of furan rings is 2. The number of benzene rings is 1. The summed E-state index contributed by atoms with van der Waals surface area (Å²) in [5, 5.41) is 12.7. The normalized spacial score (nSPS) is 12.2. The van der Waals surface area contributed by atoms with E-state index >= 15 is 0 Å². The van der Waals surface area contributed by atoms with Crippen LogP contribution in [0.5, 0.6) is 0 Å². The topological polar surface area (TPSA) is 92.7 Å². The van der Waals surface area contributed by atoms with Gasteiger partial charge in [-0.15, -0.1) is 0 Å². The van der Waals surface area contributed by atoms with Crippen LogP contribution in [-0.4, -0.2) is 17.0 Å². The second kappa shape index (κ2) is 6.23. The summed E-state index contributed by atoms with van der Waals surface area (Å²) < 4.78 is 11.0. The first-order chi connectivity index (χ1) is 11.5. The average molecular weight is 327 g/mol. The van der Waals surface area contributed by atoms with Crippen LogP contribution in [0.3, 0.4) is 0 Å². The Morgan fingerprint density at radius 1 is 1.21 bits per heavy atom. The van der Waals surface area contributed by atoms with Crippen molar-refractivity contribution in [3.8, 4) is 0 Å². The number of aryl methyl sites for hydroxylation is 1. The average Bonchev–Trinajstić information content (AvgIpc) is 3.15. The largest absolute Gasteiger partial charge is 0.478 e. The fraction of sp³-hybridized carbons (Fsp3) is 0.222. The van der Waals surface area contributed by atoms with Crippen LogP contribution in [0, 0.1) is 6.92 Å². The molecule has 0 radical (unpaired) electrons. The molecule has 0 saturated carbocycles. The van der Waals surface area contributed by atoms with E-state index in [1.165, 1.54) is 6.07 Å². The van der Waals surface area contributed by atoms with Crippen LogP contribution in [0.2, 0.25) is 0 Å². The number of amides is 1. The number of carbonyl (C=O) groups is 2. The molecule has 2 heterocycles. The molecule has 124 valence electrons. The van der Waals surface area contributed by atoms with Crippen molar-refractivity contribution in [3.63, 3.8) is 0 Å². The number of hydrogen-bond donors (Lipinski definition) is 2. The van der Waals surface area contributed by atoms with Gasteiger partial charge in [0.25, 0.3) is 0 Å². The molecule has 6 nitrogen and oxygen atoms in total. The minimum Gasteiger partial charge on any atom is -0.478 e. The summed E-state index contributed by atoms with van der Waals surface area (Å²) in [7, 11) is 0. The van der Waals surface area contributed by atoms with Crippen LogP contribution < -0.4 is 5.32 Å². The van der Waals surface area contributed by atoms with E-state index in [9.17, 15) is 9.59 Å². The molecule has 0 aliphatic carbocycles. The molecule has 24 heavy (non-hydrogen) atoms. The quantitative estimate of drug-likeness (QED) is 0.748. The molecular weight excluding hydrogens is 310 g/mol. The van der Waals surface area contributed by atoms with Crippen molar-refractivity contribution in [3.05, 3.63) is 59.2 Å². The number of carbonyl (C=O) groups excluding carboxylic acids is 1. The Balaban J connectivity index is 1.68. The summed E-state index contributed by atoms with van der Waals surface area (Å²) in [5.74, 6) is -0.445. The third-order valence-corrected chi connectivity index (χ3v) is 3.90. The first-order valence-corrected chi connectivity index (χ1v) is 7.54. The maximum absolute atomic E-state index is 12.3. The lowest BCUT2D eigenvalue weighted by molar-refractivity contribution is -0.122. The zero-order chi connectivity index (χ0) is 17.3. The van der Waals surface area contributed by atoms with Crippen molar-refractivity contribution < 1.29 is 23.5 Å². The van der Waals surface area contributed by atoms with Crippen molar-refractivity contribution in [2.24, 2.45) is 0 Å². The summed E-state index contributed by atoms with van der Waals surface area (Å²) >= 11 is 0. The molecule has 2 aromatic heterocycles. The van der Waals surface area contributed by atoms with E-state index in [0.717, 1.165) is 11.0 Å². The van der Waals surface area contributed by atoms with E-state index in [-0.39, 0.29) is 18.0 Å². The minimum atomic E-state index is -1.05. The zero-order valence-corrected chi connectivity index (χ0v) is 13.3. The van der Waals surface area contributed by atoms with Crippen LogP contribution in [0.15, 0.2) is 45.2 Å². The molecule has 1 amide bonds. The minimum absolute atomic E-state index is 0.101. The van der Waals surface area contributed by atoms with Crippen LogP contribution in [0.1, 0.15) is 40.5 Å². The lowest BCUT2D eigenvalue weighted by Gasteiger charge is -2.08. The zero-order valence-electron chi connectivity index (χ0n) is 13.3. The molecule has 6 heteroatoms. The summed E-state index contributed by atoms with van der Waals surface area (Å²) in [5.41, 5.74) is 0.837. The predicted octanol–water partition coefficient (Wildman–Crippen LogP) is 3.45. The van der Waals surface area contributed by atoms with E-state index in [4.69, 9.17) is 13.9 Å². The van der Waals surface area contributed by atoms with Crippen LogP contribution in [-0.2, 0) is 11.3 Å². The number of nitrogens with one attached hydrogen (secondary N) is 1. The maximum Gasteiger partial charge on any atom is 0.339 e. The van der Waals surface area contributed by atoms with E-state index in [0.29, 0.717) is 17.3 Å². The second-order valence-corrected chi connectivity index (χ2v) is 5.61. The van der Waals surface area contributed by atoms with E-state index in [1.54, 1.807) is 13.8 Å². The van der Waals surface area contributed by atoms with Crippen molar-refractivity contribution in [1.82, 2.24) is 5.32 Å². The number of fused-ring (bicyclic) bond motifs is 1. The molecule has 1 atom stereocenters. The van der Waals surface area contributed by atoms with E-state index < -0.39 is 11.9 Å². The molecule has 3 rings (SSSR count). The molecule has 1 aromatic carbocycles. The predicted molar refractivity (Wildman–Crippen MR) is 86.9 cm³/mol. The Kier molecular flexibility index (Phi) is 4.12. The summed E-state index contributed by atoms with van der Waals surface area (Å²) in [6, 6.07) is 10.8. The molecule has 1 unspecified atom stereocenters. The standard InChI is InChI=1S/C18H17NO5/c1-10(16-7-12-5-3-4-6-15(12)24-16)17(20)19-9-13-8-14(18(21)22)11(2)23-13/h3-8,10H,9H2,1-2H3,(H,19,20)(H,21,22). The number of para-hydroxylation sites is 1. The van der Waals surface area contributed by atoms with Gasteiger partial charge in [-0.1, -0.05) is 18.2 Å². The number of rotatable bonds is 5. The highest BCUT2D eigenvalue weighted by molar-refractivity contribution is 5.89. The van der Waals surface area contributed by atoms with Gasteiger partial charge in [-0.25, -0.2) is 4.79 Å². The molecule has 0 aliphatic rings. The Labute approximate surface area is 138 Å². The lowest BCUT2D eigenvalue weighted by atomic mass is 10.1. The highest BCUT2D eigenvalue weighted by Gasteiger charge is 2.20. The second-order valence-electron chi connectivity index (χ2n) is 5.61. The van der Waals surface area contributed by atoms with Gasteiger partial charge in [0, 0.05) is 5.39 Å². The molecule has 0 aliphatic heterocycles. The van der Waals surface area contributed by atoms with Gasteiger partial charge in [-0.3, -0.25) is 4.79 Å². The molecule has 0 fully saturated rings. The molecule has 2 N–H and O–H groups in total. The number of carboxylic acids is 1. The van der Waals surface area contributed by atoms with Crippen molar-refractivity contribution in [1.29, 1.82) is 0 Å². The van der Waals surface area contributed by atoms with Crippen molar-refractivity contribution >= 4 is 22.8 Å². The number of hydrogen-bond acceptors (Lipinski definition) is 4. The molecule has 0 spiro atoms. The molecular formula is C18H17NO5. The highest BCUT2D eigenvalue weighted by atomic mass is 16.4. The van der Waals surface area contributed by atoms with Gasteiger partial charge >= 0.3 is 5.97 Å². The molecule has 3 aromatic rings. The lowest BCUT2D eigenvalue weighted by Crippen LogP contribution is -2.27. The van der Waals surface area contributed by atoms with Crippen molar-refractivity contribution in [2.75, 3.05) is 0 Å². The van der Waals surface area contributed by atoms with Gasteiger partial charge < -0.3 is 19.3 Å². The van der Waals surface area contributed by atoms with Gasteiger partial charge in [-0.05, 0) is 32.0 Å². The Bertz CT molecular complexity index is 872. The number of aromatic carboxylic acids is 1. The van der Waals surface area contributed by atoms with Crippen LogP contribution >= 0.6 is 0 Å². The molecule has 0 bridgehead atoms. The van der Waals surface area contributed by atoms with Gasteiger partial charge in [0.15, 0.2) is 0 Å². The van der Waals surface area contributed by atoms with E-state index in [1.807, 2.05) is 30.3 Å². The van der Waals surface area contributed by atoms with Crippen LogP contribution in [0.4, 0.5) is 0 Å². The summed E-state index contributed by atoms with van der Waals surface area (Å²) in [6.45, 7) is 3.45. The fourth-order valence-electron chi connectivity index (χ4n) is 2.52. The first kappa shape index (κ1) is 15.9.